The van der Waals surface area contributed by atoms with Crippen molar-refractivity contribution >= 4 is 17.2 Å². The minimum atomic E-state index is -3.24. The van der Waals surface area contributed by atoms with Crippen molar-refractivity contribution < 1.29 is 31.8 Å². The Balaban J connectivity index is 1.29. The molecule has 1 amide bonds. The number of fused-ring (bicyclic) bond motifs is 1. The van der Waals surface area contributed by atoms with Gasteiger partial charge in [-0.25, -0.2) is 9.50 Å². The molecule has 5 heterocycles. The Morgan fingerprint density at radius 1 is 1.10 bits per heavy atom. The Morgan fingerprint density at radius 3 is 2.65 bits per heavy atom. The highest BCUT2D eigenvalue weighted by Gasteiger charge is 2.25. The van der Waals surface area contributed by atoms with Crippen LogP contribution in [0.1, 0.15) is 35.1 Å². The van der Waals surface area contributed by atoms with E-state index in [4.69, 9.17) is 0 Å². The fraction of sp³-hybridized carbons (Fsp3) is 0.414. The van der Waals surface area contributed by atoms with E-state index in [0.29, 0.717) is 5.82 Å². The molecule has 1 fully saturated rings. The van der Waals surface area contributed by atoms with Gasteiger partial charge in [-0.05, 0) is 56.4 Å². The van der Waals surface area contributed by atoms with E-state index in [1.165, 1.54) is 27.8 Å². The monoisotopic (exact) mass is 672 g/mol. The average molecular weight is 673 g/mol. The fourth-order valence-corrected chi connectivity index (χ4v) is 5.37. The predicted octanol–water partition coefficient (Wildman–Crippen LogP) is 3.28. The quantitative estimate of drug-likeness (QED) is 0.184. The molecule has 0 spiro atoms. The van der Waals surface area contributed by atoms with Crippen LogP contribution in [0.5, 0.6) is 11.5 Å². The van der Waals surface area contributed by atoms with Crippen LogP contribution in [0.2, 0.25) is 0 Å². The number of piperidine rings is 1. The summed E-state index contributed by atoms with van der Waals surface area (Å²) < 4.78 is 64.9. The van der Waals surface area contributed by atoms with E-state index in [1.807, 2.05) is 14.1 Å². The summed E-state index contributed by atoms with van der Waals surface area (Å²) in [6.45, 7) is -2.68. The number of hydrogen-bond acceptors (Lipinski definition) is 11. The first-order chi connectivity index (χ1) is 23.1. The van der Waals surface area contributed by atoms with E-state index in [9.17, 15) is 22.4 Å². The molecule has 15 nitrogen and oxygen atoms in total. The van der Waals surface area contributed by atoms with E-state index in [-0.39, 0.29) is 52.2 Å². The standard InChI is InChI=1S/C29H32F4N12O3/c1-41(2)12-13-42-10-6-18(7-11-42)45-38-24(37-40-45)17-43-16-22(36-27(46)21-15-35-44-9-3-8-34-26(21)44)25(39-43)20-14-19(47-28(30)31)4-5-23(20)48-29(32)33/h3-5,8-9,14-16,18,28-29H,6-7,10-13,17H2,1-2H3,(H,36,46). The van der Waals surface area contributed by atoms with Gasteiger partial charge in [-0.3, -0.25) is 9.48 Å². The molecule has 48 heavy (non-hydrogen) atoms. The van der Waals surface area contributed by atoms with Gasteiger partial charge in [0.2, 0.25) is 0 Å². The minimum Gasteiger partial charge on any atom is -0.435 e. The lowest BCUT2D eigenvalue weighted by Crippen LogP contribution is -2.39. The van der Waals surface area contributed by atoms with Crippen LogP contribution in [0, 0.1) is 0 Å². The molecular formula is C29H32F4N12O3. The number of halogens is 4. The van der Waals surface area contributed by atoms with Gasteiger partial charge in [-0.15, -0.1) is 10.2 Å². The molecule has 1 saturated heterocycles. The number of alkyl halides is 4. The van der Waals surface area contributed by atoms with Gasteiger partial charge in [0.05, 0.1) is 23.5 Å². The van der Waals surface area contributed by atoms with Crippen LogP contribution in [-0.4, -0.2) is 114 Å². The molecule has 0 bridgehead atoms. The van der Waals surface area contributed by atoms with E-state index in [1.54, 1.807) is 17.1 Å². The molecule has 5 aromatic rings. The van der Waals surface area contributed by atoms with Gasteiger partial charge in [0.25, 0.3) is 5.91 Å². The van der Waals surface area contributed by atoms with Crippen molar-refractivity contribution in [2.75, 3.05) is 45.6 Å². The average Bonchev–Trinajstić information content (AvgIpc) is 3.79. The maximum atomic E-state index is 13.4. The molecule has 254 valence electrons. The molecule has 1 aliphatic heterocycles. The maximum Gasteiger partial charge on any atom is 0.387 e. The minimum absolute atomic E-state index is 0.0128. The number of likely N-dealkylation sites (tertiary alicyclic amines) is 1. The third kappa shape index (κ3) is 7.68. The first-order valence-corrected chi connectivity index (χ1v) is 15.0. The number of ether oxygens (including phenoxy) is 2. The van der Waals surface area contributed by atoms with Crippen molar-refractivity contribution in [3.63, 3.8) is 0 Å². The number of aromatic nitrogens is 9. The number of carbonyl (C=O) groups is 1. The zero-order valence-electron chi connectivity index (χ0n) is 26.0. The summed E-state index contributed by atoms with van der Waals surface area (Å²) in [6.07, 6.45) is 7.57. The Bertz CT molecular complexity index is 1850. The number of tetrazole rings is 1. The molecule has 6 rings (SSSR count). The second-order valence-corrected chi connectivity index (χ2v) is 11.3. The largest absolute Gasteiger partial charge is 0.435 e. The van der Waals surface area contributed by atoms with Gasteiger partial charge in [-0.1, -0.05) is 0 Å². The van der Waals surface area contributed by atoms with Gasteiger partial charge >= 0.3 is 13.2 Å². The van der Waals surface area contributed by atoms with Crippen molar-refractivity contribution in [2.45, 2.75) is 38.7 Å². The van der Waals surface area contributed by atoms with Crippen molar-refractivity contribution in [2.24, 2.45) is 0 Å². The summed E-state index contributed by atoms with van der Waals surface area (Å²) >= 11 is 0. The number of rotatable bonds is 13. The third-order valence-corrected chi connectivity index (χ3v) is 7.70. The van der Waals surface area contributed by atoms with E-state index >= 15 is 0 Å². The molecule has 1 aliphatic rings. The van der Waals surface area contributed by atoms with E-state index in [0.717, 1.165) is 57.2 Å². The van der Waals surface area contributed by atoms with Crippen LogP contribution in [-0.2, 0) is 6.54 Å². The third-order valence-electron chi connectivity index (χ3n) is 7.70. The molecule has 1 N–H and O–H groups in total. The lowest BCUT2D eigenvalue weighted by atomic mass is 10.1. The highest BCUT2D eigenvalue weighted by atomic mass is 19.3. The SMILES string of the molecule is CN(C)CCN1CCC(n2nnc(Cn3cc(NC(=O)c4cnn5cccnc45)c(-c4cc(OC(F)F)ccc4OC(F)F)n3)n2)CC1. The van der Waals surface area contributed by atoms with Crippen molar-refractivity contribution in [3.8, 4) is 22.8 Å². The molecule has 1 aromatic carbocycles. The smallest absolute Gasteiger partial charge is 0.387 e. The summed E-state index contributed by atoms with van der Waals surface area (Å²) in [5.41, 5.74) is 0.215. The number of hydrogen-bond donors (Lipinski definition) is 1. The van der Waals surface area contributed by atoms with Crippen LogP contribution in [0.15, 0.2) is 49.1 Å². The van der Waals surface area contributed by atoms with Crippen LogP contribution in [0.3, 0.4) is 0 Å². The fourth-order valence-electron chi connectivity index (χ4n) is 5.37. The van der Waals surface area contributed by atoms with Crippen LogP contribution >= 0.6 is 0 Å². The lowest BCUT2D eigenvalue weighted by Gasteiger charge is -2.31. The summed E-state index contributed by atoms with van der Waals surface area (Å²) in [4.78, 5) is 23.7. The maximum absolute atomic E-state index is 13.4. The number of likely N-dealkylation sites (N-methyl/N-ethyl adjacent to an activating group) is 1. The second kappa shape index (κ2) is 14.3. The molecular weight excluding hydrogens is 640 g/mol. The first kappa shape index (κ1) is 32.8. The number of amides is 1. The van der Waals surface area contributed by atoms with Crippen LogP contribution < -0.4 is 14.8 Å². The highest BCUT2D eigenvalue weighted by molar-refractivity contribution is 6.09. The second-order valence-electron chi connectivity index (χ2n) is 11.3. The van der Waals surface area contributed by atoms with Gasteiger partial charge in [0.1, 0.15) is 29.3 Å². The number of benzene rings is 1. The number of nitrogens with one attached hydrogen (secondary N) is 1. The molecule has 0 atom stereocenters. The Morgan fingerprint density at radius 2 is 1.90 bits per heavy atom. The van der Waals surface area contributed by atoms with E-state index in [2.05, 4.69) is 55.2 Å². The van der Waals surface area contributed by atoms with Gasteiger partial charge < -0.3 is 24.6 Å². The van der Waals surface area contributed by atoms with Crippen LogP contribution in [0.25, 0.3) is 16.9 Å². The number of anilines is 1. The Kier molecular flexibility index (Phi) is 9.76. The van der Waals surface area contributed by atoms with Crippen molar-refractivity contribution in [1.29, 1.82) is 0 Å². The zero-order valence-corrected chi connectivity index (χ0v) is 26.0. The van der Waals surface area contributed by atoms with E-state index < -0.39 is 19.1 Å². The molecule has 0 saturated carbocycles. The van der Waals surface area contributed by atoms with Gasteiger partial charge in [0, 0.05) is 44.8 Å². The van der Waals surface area contributed by atoms with Gasteiger partial charge in [0.15, 0.2) is 11.5 Å². The molecule has 19 heteroatoms. The lowest BCUT2D eigenvalue weighted by molar-refractivity contribution is -0.0526. The normalized spacial score (nSPS) is 14.4. The number of nitrogens with zero attached hydrogens (tertiary/aromatic N) is 11. The summed E-state index contributed by atoms with van der Waals surface area (Å²) in [5.74, 6) is -1.05. The topological polar surface area (TPSA) is 146 Å². The molecule has 4 aromatic heterocycles. The molecule has 0 aliphatic carbocycles. The van der Waals surface area contributed by atoms with Crippen LogP contribution in [0.4, 0.5) is 23.2 Å². The Labute approximate surface area is 271 Å². The predicted molar refractivity (Wildman–Crippen MR) is 162 cm³/mol. The number of carbonyl (C=O) groups excluding carboxylic acids is 1. The summed E-state index contributed by atoms with van der Waals surface area (Å²) in [5, 5.41) is 24.3. The first-order valence-electron chi connectivity index (χ1n) is 15.0. The van der Waals surface area contributed by atoms with Gasteiger partial charge in [-0.2, -0.15) is 32.6 Å². The van der Waals surface area contributed by atoms with Crippen molar-refractivity contribution in [3.05, 3.63) is 60.4 Å². The molecule has 0 unspecified atom stereocenters. The highest BCUT2D eigenvalue weighted by Crippen LogP contribution is 2.38. The van der Waals surface area contributed by atoms with Crippen molar-refractivity contribution in [1.82, 2.24) is 54.4 Å². The Hall–Kier alpha value is -5.17. The zero-order chi connectivity index (χ0) is 33.8. The summed E-state index contributed by atoms with van der Waals surface area (Å²) in [6, 6.07) is 4.89. The molecule has 0 radical (unpaired) electrons. The summed E-state index contributed by atoms with van der Waals surface area (Å²) in [7, 11) is 4.09.